The number of hydrogen-bond acceptors (Lipinski definition) is 4. The van der Waals surface area contributed by atoms with Crippen LogP contribution < -0.4 is 0 Å². The average molecular weight is 357 g/mol. The molecule has 0 saturated heterocycles. The van der Waals surface area contributed by atoms with Crippen molar-refractivity contribution in [1.82, 2.24) is 9.97 Å². The molecule has 1 aromatic heterocycles. The molecule has 24 heavy (non-hydrogen) atoms. The van der Waals surface area contributed by atoms with Crippen LogP contribution in [0.4, 0.5) is 11.4 Å². The van der Waals surface area contributed by atoms with Gasteiger partial charge in [-0.1, -0.05) is 53.0 Å². The Hall–Kier alpha value is -2.30. The Labute approximate surface area is 150 Å². The van der Waals surface area contributed by atoms with Crippen LogP contribution in [0.1, 0.15) is 11.4 Å². The molecule has 0 bridgehead atoms. The van der Waals surface area contributed by atoms with Gasteiger partial charge in [-0.3, -0.25) is 0 Å². The largest absolute Gasteiger partial charge is 0.239 e. The van der Waals surface area contributed by atoms with Crippen molar-refractivity contribution in [2.45, 2.75) is 13.8 Å². The standard InChI is InChI=1S/C18H14Cl2N4/c1-11-3-5-13(6-4-11)18-17(10-21-12(2)22-18)24-23-16-8-14(19)7-15(20)9-16/h3-10H,1-2H3. The van der Waals surface area contributed by atoms with E-state index >= 15 is 0 Å². The van der Waals surface area contributed by atoms with Crippen LogP contribution in [0.15, 0.2) is 58.9 Å². The molecule has 3 rings (SSSR count). The highest BCUT2D eigenvalue weighted by atomic mass is 35.5. The van der Waals surface area contributed by atoms with Gasteiger partial charge >= 0.3 is 0 Å². The zero-order chi connectivity index (χ0) is 17.1. The molecule has 0 amide bonds. The van der Waals surface area contributed by atoms with E-state index in [1.807, 2.05) is 38.1 Å². The summed E-state index contributed by atoms with van der Waals surface area (Å²) in [7, 11) is 0. The van der Waals surface area contributed by atoms with Gasteiger partial charge in [0.25, 0.3) is 0 Å². The molecule has 120 valence electrons. The van der Waals surface area contributed by atoms with Gasteiger partial charge in [0.1, 0.15) is 17.2 Å². The number of rotatable bonds is 3. The van der Waals surface area contributed by atoms with Gasteiger partial charge in [0.2, 0.25) is 0 Å². The molecule has 2 aromatic carbocycles. The SMILES string of the molecule is Cc1ccc(-c2nc(C)ncc2N=Nc2cc(Cl)cc(Cl)c2)cc1. The molecule has 0 fully saturated rings. The fourth-order valence-corrected chi connectivity index (χ4v) is 2.68. The quantitative estimate of drug-likeness (QED) is 0.504. The highest BCUT2D eigenvalue weighted by Crippen LogP contribution is 2.31. The van der Waals surface area contributed by atoms with Crippen molar-refractivity contribution < 1.29 is 0 Å². The molecule has 4 nitrogen and oxygen atoms in total. The van der Waals surface area contributed by atoms with Gasteiger partial charge in [-0.25, -0.2) is 9.97 Å². The van der Waals surface area contributed by atoms with Crippen molar-refractivity contribution in [2.75, 3.05) is 0 Å². The van der Waals surface area contributed by atoms with Crippen LogP contribution in [0.25, 0.3) is 11.3 Å². The lowest BCUT2D eigenvalue weighted by Gasteiger charge is -2.05. The van der Waals surface area contributed by atoms with Crippen LogP contribution >= 0.6 is 23.2 Å². The maximum absolute atomic E-state index is 5.98. The summed E-state index contributed by atoms with van der Waals surface area (Å²) in [5.74, 6) is 0.676. The minimum absolute atomic E-state index is 0.510. The van der Waals surface area contributed by atoms with Crippen LogP contribution in [0.5, 0.6) is 0 Å². The van der Waals surface area contributed by atoms with E-state index in [0.29, 0.717) is 27.2 Å². The fraction of sp³-hybridized carbons (Fsp3) is 0.111. The third-order valence-corrected chi connectivity index (χ3v) is 3.77. The van der Waals surface area contributed by atoms with E-state index in [2.05, 4.69) is 20.2 Å². The fourth-order valence-electron chi connectivity index (χ4n) is 2.17. The molecule has 0 saturated carbocycles. The summed E-state index contributed by atoms with van der Waals surface area (Å²) in [6.07, 6.45) is 1.66. The van der Waals surface area contributed by atoms with Crippen molar-refractivity contribution in [2.24, 2.45) is 10.2 Å². The van der Waals surface area contributed by atoms with E-state index in [1.54, 1.807) is 24.4 Å². The molecule has 0 atom stereocenters. The molecular weight excluding hydrogens is 343 g/mol. The Balaban J connectivity index is 2.01. The van der Waals surface area contributed by atoms with Crippen molar-refractivity contribution >= 4 is 34.6 Å². The Morgan fingerprint density at radius 3 is 2.21 bits per heavy atom. The number of halogens is 2. The smallest absolute Gasteiger partial charge is 0.130 e. The molecule has 0 aliphatic carbocycles. The van der Waals surface area contributed by atoms with Crippen LogP contribution in [0.2, 0.25) is 10.0 Å². The number of benzene rings is 2. The molecule has 0 aliphatic heterocycles. The summed E-state index contributed by atoms with van der Waals surface area (Å²) >= 11 is 12.0. The second-order valence-electron chi connectivity index (χ2n) is 5.34. The molecule has 3 aromatic rings. The zero-order valence-electron chi connectivity index (χ0n) is 13.2. The first-order chi connectivity index (χ1) is 11.5. The van der Waals surface area contributed by atoms with E-state index < -0.39 is 0 Å². The summed E-state index contributed by atoms with van der Waals surface area (Å²) in [6.45, 7) is 3.88. The molecule has 0 radical (unpaired) electrons. The topological polar surface area (TPSA) is 50.5 Å². The van der Waals surface area contributed by atoms with Crippen LogP contribution in [-0.4, -0.2) is 9.97 Å². The second kappa shape index (κ2) is 7.07. The Morgan fingerprint density at radius 2 is 1.54 bits per heavy atom. The molecule has 0 unspecified atom stereocenters. The van der Waals surface area contributed by atoms with Crippen LogP contribution in [0.3, 0.4) is 0 Å². The lowest BCUT2D eigenvalue weighted by molar-refractivity contribution is 1.04. The summed E-state index contributed by atoms with van der Waals surface area (Å²) in [4.78, 5) is 8.72. The molecular formula is C18H14Cl2N4. The lowest BCUT2D eigenvalue weighted by atomic mass is 10.1. The van der Waals surface area contributed by atoms with Crippen molar-refractivity contribution in [1.29, 1.82) is 0 Å². The number of nitrogens with zero attached hydrogens (tertiary/aromatic N) is 4. The number of aryl methyl sites for hydroxylation is 2. The Kier molecular flexibility index (Phi) is 4.88. The maximum Gasteiger partial charge on any atom is 0.130 e. The van der Waals surface area contributed by atoms with Crippen LogP contribution in [0, 0.1) is 13.8 Å². The summed E-state index contributed by atoms with van der Waals surface area (Å²) in [5, 5.41) is 9.51. The number of aromatic nitrogens is 2. The van der Waals surface area contributed by atoms with Crippen molar-refractivity contribution in [3.05, 3.63) is 70.1 Å². The average Bonchev–Trinajstić information content (AvgIpc) is 2.53. The molecule has 0 aliphatic rings. The van der Waals surface area contributed by atoms with E-state index in [1.165, 1.54) is 5.56 Å². The van der Waals surface area contributed by atoms with Gasteiger partial charge in [0.05, 0.1) is 11.9 Å². The monoisotopic (exact) mass is 356 g/mol. The first-order valence-electron chi connectivity index (χ1n) is 7.30. The van der Waals surface area contributed by atoms with Gasteiger partial charge in [0.15, 0.2) is 0 Å². The predicted octanol–water partition coefficient (Wildman–Crippen LogP) is 6.48. The van der Waals surface area contributed by atoms with Gasteiger partial charge in [-0.05, 0) is 32.0 Å². The third kappa shape index (κ3) is 3.96. The molecule has 6 heteroatoms. The highest BCUT2D eigenvalue weighted by molar-refractivity contribution is 6.35. The zero-order valence-corrected chi connectivity index (χ0v) is 14.7. The second-order valence-corrected chi connectivity index (χ2v) is 6.22. The first kappa shape index (κ1) is 16.6. The number of azo groups is 1. The van der Waals surface area contributed by atoms with E-state index in [4.69, 9.17) is 23.2 Å². The maximum atomic E-state index is 5.98. The van der Waals surface area contributed by atoms with Crippen molar-refractivity contribution in [3.8, 4) is 11.3 Å². The molecule has 0 spiro atoms. The minimum atomic E-state index is 0.510. The van der Waals surface area contributed by atoms with E-state index in [0.717, 1.165) is 11.3 Å². The van der Waals surface area contributed by atoms with Gasteiger partial charge in [-0.15, -0.1) is 5.11 Å². The lowest BCUT2D eigenvalue weighted by Crippen LogP contribution is -1.91. The Bertz CT molecular complexity index is 885. The number of hydrogen-bond donors (Lipinski definition) is 0. The summed E-state index contributed by atoms with van der Waals surface area (Å²) in [5.41, 5.74) is 4.04. The highest BCUT2D eigenvalue weighted by Gasteiger charge is 2.08. The summed E-state index contributed by atoms with van der Waals surface area (Å²) < 4.78 is 0. The summed E-state index contributed by atoms with van der Waals surface area (Å²) in [6, 6.07) is 13.1. The van der Waals surface area contributed by atoms with E-state index in [9.17, 15) is 0 Å². The van der Waals surface area contributed by atoms with Crippen LogP contribution in [-0.2, 0) is 0 Å². The third-order valence-electron chi connectivity index (χ3n) is 3.34. The molecule has 0 N–H and O–H groups in total. The van der Waals surface area contributed by atoms with Crippen molar-refractivity contribution in [3.63, 3.8) is 0 Å². The van der Waals surface area contributed by atoms with Gasteiger partial charge in [-0.2, -0.15) is 5.11 Å². The van der Waals surface area contributed by atoms with Gasteiger partial charge in [0, 0.05) is 15.6 Å². The Morgan fingerprint density at radius 1 is 0.875 bits per heavy atom. The normalized spacial score (nSPS) is 11.2. The minimum Gasteiger partial charge on any atom is -0.239 e. The molecule has 1 heterocycles. The van der Waals surface area contributed by atoms with E-state index in [-0.39, 0.29) is 0 Å². The van der Waals surface area contributed by atoms with Gasteiger partial charge < -0.3 is 0 Å². The first-order valence-corrected chi connectivity index (χ1v) is 8.05. The predicted molar refractivity (Wildman–Crippen MR) is 97.6 cm³/mol.